The van der Waals surface area contributed by atoms with Crippen molar-refractivity contribution in [3.8, 4) is 0 Å². The van der Waals surface area contributed by atoms with Gasteiger partial charge in [0.25, 0.3) is 0 Å². The van der Waals surface area contributed by atoms with Gasteiger partial charge >= 0.3 is 0 Å². The Morgan fingerprint density at radius 3 is 2.32 bits per heavy atom. The Hall–Kier alpha value is -2.12. The zero-order valence-electron chi connectivity index (χ0n) is 17.4. The van der Waals surface area contributed by atoms with E-state index in [1.54, 1.807) is 4.68 Å². The molecular formula is C23H25Cl2N5S. The number of hydrogen-bond acceptors (Lipinski definition) is 3. The number of rotatable bonds is 5. The number of piperazine rings is 1. The van der Waals surface area contributed by atoms with Gasteiger partial charge in [0.15, 0.2) is 10.9 Å². The molecule has 1 fully saturated rings. The molecule has 8 heteroatoms. The minimum absolute atomic E-state index is 0.505. The normalized spacial score (nSPS) is 14.6. The van der Waals surface area contributed by atoms with Crippen LogP contribution in [0.3, 0.4) is 0 Å². The second kappa shape index (κ2) is 10.0. The summed E-state index contributed by atoms with van der Waals surface area (Å²) >= 11 is 18.2. The number of anilines is 1. The topological polar surface area (TPSA) is 36.3 Å². The first kappa shape index (κ1) is 22.1. The average Bonchev–Trinajstić information content (AvgIpc) is 3.20. The lowest BCUT2D eigenvalue weighted by Crippen LogP contribution is -2.49. The fourth-order valence-corrected chi connectivity index (χ4v) is 4.42. The van der Waals surface area contributed by atoms with Gasteiger partial charge in [0.2, 0.25) is 0 Å². The van der Waals surface area contributed by atoms with Crippen molar-refractivity contribution in [2.45, 2.75) is 20.0 Å². The lowest BCUT2D eigenvalue weighted by molar-refractivity contribution is 0.177. The molecule has 0 radical (unpaired) electrons. The van der Waals surface area contributed by atoms with Gasteiger partial charge in [0, 0.05) is 60.6 Å². The largest absolute Gasteiger partial charge is 0.346 e. The molecule has 3 aromatic rings. The Kier molecular flexibility index (Phi) is 7.13. The molecule has 5 nitrogen and oxygen atoms in total. The third-order valence-corrected chi connectivity index (χ3v) is 6.51. The molecule has 0 unspecified atom stereocenters. The minimum Gasteiger partial charge on any atom is -0.346 e. The molecule has 4 rings (SSSR count). The van der Waals surface area contributed by atoms with Crippen molar-refractivity contribution in [2.24, 2.45) is 0 Å². The van der Waals surface area contributed by atoms with Crippen LogP contribution in [0, 0.1) is 6.92 Å². The van der Waals surface area contributed by atoms with E-state index in [0.29, 0.717) is 21.7 Å². The number of nitrogens with zero attached hydrogens (tertiary/aromatic N) is 4. The van der Waals surface area contributed by atoms with Crippen LogP contribution in [0.5, 0.6) is 0 Å². The van der Waals surface area contributed by atoms with Gasteiger partial charge in [-0.1, -0.05) is 59.1 Å². The zero-order chi connectivity index (χ0) is 21.8. The number of thiocarbonyl (C=S) groups is 1. The van der Waals surface area contributed by atoms with Crippen molar-refractivity contribution in [1.82, 2.24) is 19.6 Å². The predicted molar refractivity (Wildman–Crippen MR) is 132 cm³/mol. The van der Waals surface area contributed by atoms with Crippen molar-refractivity contribution in [3.63, 3.8) is 0 Å². The summed E-state index contributed by atoms with van der Waals surface area (Å²) in [5.41, 5.74) is 3.50. The second-order valence-corrected chi connectivity index (χ2v) is 8.98. The van der Waals surface area contributed by atoms with Crippen molar-refractivity contribution in [2.75, 3.05) is 31.5 Å². The van der Waals surface area contributed by atoms with Gasteiger partial charge in [-0.2, -0.15) is 5.10 Å². The molecule has 1 aromatic heterocycles. The van der Waals surface area contributed by atoms with E-state index in [4.69, 9.17) is 35.4 Å². The summed E-state index contributed by atoms with van der Waals surface area (Å²) < 4.78 is 1.80. The van der Waals surface area contributed by atoms with Gasteiger partial charge in [-0.15, -0.1) is 0 Å². The number of halogens is 2. The monoisotopic (exact) mass is 473 g/mol. The molecule has 2 aromatic carbocycles. The van der Waals surface area contributed by atoms with E-state index in [0.717, 1.165) is 44.1 Å². The standard InChI is InChI=1S/C23H25Cl2N5S/c1-17-5-7-18(8-6-17)15-28-11-13-29(14-12-28)23(31)26-22-9-10-30(27-22)16-19-20(24)3-2-4-21(19)25/h2-10H,11-16H2,1H3,(H,26,27,31). The molecule has 1 aliphatic rings. The van der Waals surface area contributed by atoms with Gasteiger partial charge in [0.1, 0.15) is 0 Å². The Morgan fingerprint density at radius 2 is 1.65 bits per heavy atom. The van der Waals surface area contributed by atoms with Crippen LogP contribution in [0.1, 0.15) is 16.7 Å². The molecule has 0 spiro atoms. The van der Waals surface area contributed by atoms with Crippen molar-refractivity contribution < 1.29 is 0 Å². The van der Waals surface area contributed by atoms with Gasteiger partial charge in [-0.05, 0) is 36.8 Å². The molecule has 1 aliphatic heterocycles. The molecule has 0 aliphatic carbocycles. The van der Waals surface area contributed by atoms with E-state index in [1.165, 1.54) is 11.1 Å². The number of hydrogen-bond donors (Lipinski definition) is 1. The average molecular weight is 474 g/mol. The fraction of sp³-hybridized carbons (Fsp3) is 0.304. The molecule has 1 N–H and O–H groups in total. The third kappa shape index (κ3) is 5.77. The smallest absolute Gasteiger partial charge is 0.174 e. The summed E-state index contributed by atoms with van der Waals surface area (Å²) in [7, 11) is 0. The van der Waals surface area contributed by atoms with E-state index in [2.05, 4.69) is 51.4 Å². The summed E-state index contributed by atoms with van der Waals surface area (Å²) in [6.07, 6.45) is 1.89. The van der Waals surface area contributed by atoms with E-state index in [-0.39, 0.29) is 0 Å². The van der Waals surface area contributed by atoms with Crippen molar-refractivity contribution >= 4 is 46.4 Å². The summed E-state index contributed by atoms with van der Waals surface area (Å²) in [6, 6.07) is 16.2. The van der Waals surface area contributed by atoms with Crippen LogP contribution in [0.25, 0.3) is 0 Å². The van der Waals surface area contributed by atoms with Gasteiger partial charge in [-0.25, -0.2) is 0 Å². The maximum absolute atomic E-state index is 6.27. The highest BCUT2D eigenvalue weighted by Crippen LogP contribution is 2.25. The number of aromatic nitrogens is 2. The summed E-state index contributed by atoms with van der Waals surface area (Å²) in [5, 5.41) is 9.80. The molecule has 0 saturated carbocycles. The third-order valence-electron chi connectivity index (χ3n) is 5.44. The SMILES string of the molecule is Cc1ccc(CN2CCN(C(=S)Nc3ccn(Cc4c(Cl)cccc4Cl)n3)CC2)cc1. The summed E-state index contributed by atoms with van der Waals surface area (Å²) in [5.74, 6) is 0.718. The fourth-order valence-electron chi connectivity index (χ4n) is 3.61. The maximum Gasteiger partial charge on any atom is 0.174 e. The molecule has 1 saturated heterocycles. The number of benzene rings is 2. The highest BCUT2D eigenvalue weighted by Gasteiger charge is 2.19. The Balaban J connectivity index is 1.28. The van der Waals surface area contributed by atoms with Crippen LogP contribution in [0.4, 0.5) is 5.82 Å². The lowest BCUT2D eigenvalue weighted by Gasteiger charge is -2.36. The Bertz CT molecular complexity index is 1020. The van der Waals surface area contributed by atoms with E-state index in [9.17, 15) is 0 Å². The first-order valence-corrected chi connectivity index (χ1v) is 11.4. The number of nitrogens with one attached hydrogen (secondary N) is 1. The highest BCUT2D eigenvalue weighted by atomic mass is 35.5. The molecule has 162 valence electrons. The molecule has 2 heterocycles. The highest BCUT2D eigenvalue weighted by molar-refractivity contribution is 7.80. The Labute approximate surface area is 198 Å². The minimum atomic E-state index is 0.505. The summed E-state index contributed by atoms with van der Waals surface area (Å²) in [4.78, 5) is 4.66. The maximum atomic E-state index is 6.27. The van der Waals surface area contributed by atoms with E-state index < -0.39 is 0 Å². The first-order valence-electron chi connectivity index (χ1n) is 10.3. The van der Waals surface area contributed by atoms with Gasteiger partial charge in [0.05, 0.1) is 6.54 Å². The predicted octanol–water partition coefficient (Wildman–Crippen LogP) is 5.06. The van der Waals surface area contributed by atoms with E-state index in [1.807, 2.05) is 30.5 Å². The lowest BCUT2D eigenvalue weighted by atomic mass is 10.1. The van der Waals surface area contributed by atoms with Crippen LogP contribution in [0.15, 0.2) is 54.7 Å². The van der Waals surface area contributed by atoms with Crippen molar-refractivity contribution in [1.29, 1.82) is 0 Å². The van der Waals surface area contributed by atoms with E-state index >= 15 is 0 Å². The van der Waals surface area contributed by atoms with Crippen molar-refractivity contribution in [3.05, 3.63) is 81.5 Å². The van der Waals surface area contributed by atoms with Crippen LogP contribution >= 0.6 is 35.4 Å². The van der Waals surface area contributed by atoms with Gasteiger partial charge < -0.3 is 10.2 Å². The molecule has 0 bridgehead atoms. The molecular weight excluding hydrogens is 449 g/mol. The van der Waals surface area contributed by atoms with Crippen LogP contribution < -0.4 is 5.32 Å². The Morgan fingerprint density at radius 1 is 0.968 bits per heavy atom. The van der Waals surface area contributed by atoms with Crippen LogP contribution in [-0.2, 0) is 13.1 Å². The number of aryl methyl sites for hydroxylation is 1. The second-order valence-electron chi connectivity index (χ2n) is 7.78. The molecule has 0 amide bonds. The quantitative estimate of drug-likeness (QED) is 0.523. The van der Waals surface area contributed by atoms with Crippen LogP contribution in [-0.4, -0.2) is 50.9 Å². The van der Waals surface area contributed by atoms with Gasteiger partial charge in [-0.3, -0.25) is 9.58 Å². The first-order chi connectivity index (χ1) is 15.0. The molecule has 31 heavy (non-hydrogen) atoms. The zero-order valence-corrected chi connectivity index (χ0v) is 19.7. The summed E-state index contributed by atoms with van der Waals surface area (Å²) in [6.45, 7) is 7.35. The molecule has 0 atom stereocenters. The van der Waals surface area contributed by atoms with Crippen LogP contribution in [0.2, 0.25) is 10.0 Å².